The average Bonchev–Trinajstić information content (AvgIpc) is 3.12. The molecule has 0 unspecified atom stereocenters. The molecule has 1 amide bonds. The number of carbonyl (C=O) groups excluding carboxylic acids is 2. The highest BCUT2D eigenvalue weighted by Gasteiger charge is 2.21. The molecule has 1 aliphatic carbocycles. The minimum Gasteiger partial charge on any atom is -0.452 e. The molecule has 3 rings (SSSR count). The number of aromatic nitrogens is 2. The van der Waals surface area contributed by atoms with Gasteiger partial charge in [-0.1, -0.05) is 23.8 Å². The molecule has 0 saturated heterocycles. The zero-order chi connectivity index (χ0) is 19.9. The second-order valence-electron chi connectivity index (χ2n) is 7.17. The number of aryl methyl sites for hydroxylation is 1. The lowest BCUT2D eigenvalue weighted by atomic mass is 9.87. The average molecular weight is 404 g/mol. The van der Waals surface area contributed by atoms with Crippen LogP contribution in [0.2, 0.25) is 0 Å². The third-order valence-corrected chi connectivity index (χ3v) is 5.78. The lowest BCUT2D eigenvalue weighted by Crippen LogP contribution is -2.39. The summed E-state index contributed by atoms with van der Waals surface area (Å²) in [6.07, 6.45) is 5.81. The topological polar surface area (TPSA) is 94.3 Å². The number of esters is 1. The first-order chi connectivity index (χ1) is 13.5. The molecular weight excluding hydrogens is 378 g/mol. The normalized spacial score (nSPS) is 19.2. The van der Waals surface area contributed by atoms with Crippen LogP contribution >= 0.6 is 11.8 Å². The number of nitrogens with one attached hydrogen (secondary N) is 1. The van der Waals surface area contributed by atoms with Crippen molar-refractivity contribution in [3.8, 4) is 0 Å². The Morgan fingerprint density at radius 1 is 1.32 bits per heavy atom. The molecule has 2 aromatic rings. The van der Waals surface area contributed by atoms with E-state index in [1.54, 1.807) is 18.3 Å². The molecule has 0 aromatic carbocycles. The van der Waals surface area contributed by atoms with Crippen LogP contribution in [0, 0.1) is 12.8 Å². The first-order valence-corrected chi connectivity index (χ1v) is 10.5. The summed E-state index contributed by atoms with van der Waals surface area (Å²) < 4.78 is 10.3. The third kappa shape index (κ3) is 5.82. The van der Waals surface area contributed by atoms with E-state index >= 15 is 0 Å². The highest BCUT2D eigenvalue weighted by atomic mass is 32.2. The van der Waals surface area contributed by atoms with Gasteiger partial charge in [-0.25, -0.2) is 9.78 Å². The van der Waals surface area contributed by atoms with Gasteiger partial charge in [-0.2, -0.15) is 0 Å². The van der Waals surface area contributed by atoms with E-state index in [0.29, 0.717) is 22.3 Å². The van der Waals surface area contributed by atoms with Crippen molar-refractivity contribution in [2.75, 3.05) is 6.61 Å². The summed E-state index contributed by atoms with van der Waals surface area (Å²) in [5, 5.41) is 7.42. The third-order valence-electron chi connectivity index (χ3n) is 4.74. The molecule has 0 radical (unpaired) electrons. The smallest absolute Gasteiger partial charge is 0.341 e. The molecule has 1 saturated carbocycles. The number of amides is 1. The Labute approximate surface area is 168 Å². The molecule has 0 bridgehead atoms. The van der Waals surface area contributed by atoms with E-state index in [-0.39, 0.29) is 18.6 Å². The first-order valence-electron chi connectivity index (χ1n) is 9.47. The van der Waals surface area contributed by atoms with Crippen molar-refractivity contribution >= 4 is 23.6 Å². The van der Waals surface area contributed by atoms with Crippen LogP contribution in [-0.2, 0) is 15.3 Å². The molecule has 0 atom stereocenters. The quantitative estimate of drug-likeness (QED) is 0.558. The number of hydrogen-bond acceptors (Lipinski definition) is 7. The number of carbonyl (C=O) groups is 2. The van der Waals surface area contributed by atoms with Crippen molar-refractivity contribution in [3.63, 3.8) is 0 Å². The molecule has 0 aliphatic heterocycles. The Morgan fingerprint density at radius 3 is 2.82 bits per heavy atom. The molecular formula is C20H25N3O4S. The van der Waals surface area contributed by atoms with E-state index in [1.807, 2.05) is 13.0 Å². The van der Waals surface area contributed by atoms with Gasteiger partial charge in [0, 0.05) is 24.1 Å². The molecule has 1 fully saturated rings. The number of hydrogen-bond donors (Lipinski definition) is 1. The second-order valence-corrected chi connectivity index (χ2v) is 8.14. The van der Waals surface area contributed by atoms with Crippen molar-refractivity contribution in [3.05, 3.63) is 41.4 Å². The van der Waals surface area contributed by atoms with Crippen molar-refractivity contribution < 1.29 is 18.8 Å². The van der Waals surface area contributed by atoms with Crippen LogP contribution in [0.15, 0.2) is 33.9 Å². The number of thioether (sulfide) groups is 1. The molecule has 2 aromatic heterocycles. The van der Waals surface area contributed by atoms with Crippen LogP contribution in [0.5, 0.6) is 0 Å². The fraction of sp³-hybridized carbons (Fsp3) is 0.500. The van der Waals surface area contributed by atoms with Crippen LogP contribution in [-0.4, -0.2) is 34.7 Å². The minimum absolute atomic E-state index is 0.179. The van der Waals surface area contributed by atoms with Gasteiger partial charge in [0.15, 0.2) is 6.61 Å². The molecule has 0 spiro atoms. The summed E-state index contributed by atoms with van der Waals surface area (Å²) in [4.78, 5) is 28.8. The fourth-order valence-corrected chi connectivity index (χ4v) is 4.03. The van der Waals surface area contributed by atoms with E-state index < -0.39 is 5.97 Å². The Bertz CT molecular complexity index is 815. The molecule has 2 heterocycles. The van der Waals surface area contributed by atoms with Crippen LogP contribution in [0.25, 0.3) is 0 Å². The zero-order valence-corrected chi connectivity index (χ0v) is 17.0. The molecule has 150 valence electrons. The monoisotopic (exact) mass is 403 g/mol. The van der Waals surface area contributed by atoms with Gasteiger partial charge >= 0.3 is 5.97 Å². The van der Waals surface area contributed by atoms with Crippen molar-refractivity contribution in [2.45, 2.75) is 56.4 Å². The van der Waals surface area contributed by atoms with E-state index in [1.165, 1.54) is 11.8 Å². The highest BCUT2D eigenvalue weighted by molar-refractivity contribution is 7.98. The Kier molecular flexibility index (Phi) is 7.08. The summed E-state index contributed by atoms with van der Waals surface area (Å²) in [6.45, 7) is 3.77. The second kappa shape index (κ2) is 9.73. The standard InChI is InChI=1S/C20H25N3O4S/c1-13-5-7-15(8-6-13)22-18(24)11-26-20(25)17-4-3-9-21-19(17)28-12-16-10-14(2)27-23-16/h3-4,9-10,13,15H,5-8,11-12H2,1-2H3,(H,22,24). The predicted molar refractivity (Wildman–Crippen MR) is 105 cm³/mol. The number of rotatable bonds is 7. The van der Waals surface area contributed by atoms with Gasteiger partial charge in [-0.05, 0) is 50.7 Å². The molecule has 8 heteroatoms. The Morgan fingerprint density at radius 2 is 2.11 bits per heavy atom. The van der Waals surface area contributed by atoms with Crippen LogP contribution in [0.4, 0.5) is 0 Å². The van der Waals surface area contributed by atoms with Crippen LogP contribution < -0.4 is 5.32 Å². The maximum atomic E-state index is 12.4. The molecule has 7 nitrogen and oxygen atoms in total. The van der Waals surface area contributed by atoms with Gasteiger partial charge < -0.3 is 14.6 Å². The molecule has 28 heavy (non-hydrogen) atoms. The van der Waals surface area contributed by atoms with E-state index in [0.717, 1.165) is 37.1 Å². The Hall–Kier alpha value is -2.35. The van der Waals surface area contributed by atoms with Crippen LogP contribution in [0.3, 0.4) is 0 Å². The summed E-state index contributed by atoms with van der Waals surface area (Å²) in [7, 11) is 0. The summed E-state index contributed by atoms with van der Waals surface area (Å²) in [5.41, 5.74) is 1.11. The Balaban J connectivity index is 1.50. The van der Waals surface area contributed by atoms with E-state index in [9.17, 15) is 9.59 Å². The highest BCUT2D eigenvalue weighted by Crippen LogP contribution is 2.25. The van der Waals surface area contributed by atoms with Crippen molar-refractivity contribution in [2.24, 2.45) is 5.92 Å². The minimum atomic E-state index is -0.556. The van der Waals surface area contributed by atoms with Crippen molar-refractivity contribution in [1.82, 2.24) is 15.5 Å². The van der Waals surface area contributed by atoms with E-state index in [2.05, 4.69) is 22.4 Å². The van der Waals surface area contributed by atoms with Gasteiger partial charge in [0.25, 0.3) is 5.91 Å². The fourth-order valence-electron chi connectivity index (χ4n) is 3.17. The van der Waals surface area contributed by atoms with Gasteiger partial charge in [-0.15, -0.1) is 0 Å². The SMILES string of the molecule is Cc1cc(CSc2ncccc2C(=O)OCC(=O)NC2CCC(C)CC2)no1. The maximum Gasteiger partial charge on any atom is 0.341 e. The summed E-state index contributed by atoms with van der Waals surface area (Å²) in [5.74, 6) is 1.15. The molecule has 1 N–H and O–H groups in total. The summed E-state index contributed by atoms with van der Waals surface area (Å²) in [6, 6.07) is 5.33. The van der Waals surface area contributed by atoms with Gasteiger partial charge in [-0.3, -0.25) is 4.79 Å². The number of pyridine rings is 1. The predicted octanol–water partition coefficient (Wildman–Crippen LogP) is 3.52. The summed E-state index contributed by atoms with van der Waals surface area (Å²) >= 11 is 1.37. The first kappa shape index (κ1) is 20.4. The van der Waals surface area contributed by atoms with Gasteiger partial charge in [0.05, 0.1) is 11.3 Å². The maximum absolute atomic E-state index is 12.4. The van der Waals surface area contributed by atoms with E-state index in [4.69, 9.17) is 9.26 Å². The zero-order valence-electron chi connectivity index (χ0n) is 16.1. The molecule has 1 aliphatic rings. The number of nitrogens with zero attached hydrogens (tertiary/aromatic N) is 2. The van der Waals surface area contributed by atoms with Gasteiger partial charge in [0.2, 0.25) is 0 Å². The van der Waals surface area contributed by atoms with Gasteiger partial charge in [0.1, 0.15) is 10.8 Å². The van der Waals surface area contributed by atoms with Crippen LogP contribution in [0.1, 0.15) is 54.4 Å². The largest absolute Gasteiger partial charge is 0.452 e. The number of ether oxygens (including phenoxy) is 1. The lowest BCUT2D eigenvalue weighted by Gasteiger charge is -2.26. The van der Waals surface area contributed by atoms with Crippen molar-refractivity contribution in [1.29, 1.82) is 0 Å². The lowest BCUT2D eigenvalue weighted by molar-refractivity contribution is -0.125.